The number of rotatable bonds is 8. The molecule has 1 atom stereocenters. The molecule has 0 aliphatic rings. The minimum atomic E-state index is -0.275. The third-order valence-corrected chi connectivity index (χ3v) is 3.27. The standard InChI is InChI=1S/C15H24N2O3/c1-3-4-11(7-8-16)10-17-15(19)13-6-5-12(20-2)9-14(13)18/h5-6,9,11,18H,3-4,7-8,10,16H2,1-2H3,(H,17,19). The van der Waals surface area contributed by atoms with Crippen molar-refractivity contribution >= 4 is 5.91 Å². The second-order valence-electron chi connectivity index (χ2n) is 4.83. The highest BCUT2D eigenvalue weighted by molar-refractivity contribution is 5.96. The predicted octanol–water partition coefficient (Wildman–Crippen LogP) is 1.90. The van der Waals surface area contributed by atoms with E-state index in [-0.39, 0.29) is 17.2 Å². The molecule has 1 aromatic rings. The molecule has 0 bridgehead atoms. The van der Waals surface area contributed by atoms with E-state index in [4.69, 9.17) is 10.5 Å². The van der Waals surface area contributed by atoms with Crippen molar-refractivity contribution in [3.63, 3.8) is 0 Å². The summed E-state index contributed by atoms with van der Waals surface area (Å²) < 4.78 is 4.99. The molecule has 20 heavy (non-hydrogen) atoms. The molecule has 0 aliphatic heterocycles. The molecule has 1 rings (SSSR count). The molecule has 0 aromatic heterocycles. The van der Waals surface area contributed by atoms with Gasteiger partial charge in [-0.3, -0.25) is 4.79 Å². The number of hydrogen-bond donors (Lipinski definition) is 3. The van der Waals surface area contributed by atoms with Gasteiger partial charge in [0.05, 0.1) is 12.7 Å². The Kier molecular flexibility index (Phi) is 6.87. The molecule has 0 saturated heterocycles. The molecule has 0 spiro atoms. The summed E-state index contributed by atoms with van der Waals surface area (Å²) in [6.07, 6.45) is 2.99. The van der Waals surface area contributed by atoms with Gasteiger partial charge in [-0.15, -0.1) is 0 Å². The van der Waals surface area contributed by atoms with Gasteiger partial charge in [-0.05, 0) is 37.4 Å². The fourth-order valence-electron chi connectivity index (χ4n) is 2.16. The summed E-state index contributed by atoms with van der Waals surface area (Å²) in [6.45, 7) is 3.31. The molecule has 1 unspecified atom stereocenters. The van der Waals surface area contributed by atoms with Crippen molar-refractivity contribution in [2.24, 2.45) is 11.7 Å². The minimum Gasteiger partial charge on any atom is -0.507 e. The van der Waals surface area contributed by atoms with E-state index in [0.717, 1.165) is 19.3 Å². The lowest BCUT2D eigenvalue weighted by Gasteiger charge is -2.16. The maximum atomic E-state index is 12.0. The Balaban J connectivity index is 2.61. The largest absolute Gasteiger partial charge is 0.507 e. The van der Waals surface area contributed by atoms with Crippen LogP contribution in [0.5, 0.6) is 11.5 Å². The Bertz CT molecular complexity index is 429. The summed E-state index contributed by atoms with van der Waals surface area (Å²) in [7, 11) is 1.51. The Morgan fingerprint density at radius 2 is 2.20 bits per heavy atom. The van der Waals surface area contributed by atoms with Crippen LogP contribution in [-0.4, -0.2) is 31.2 Å². The number of methoxy groups -OCH3 is 1. The van der Waals surface area contributed by atoms with Crippen LogP contribution in [0.1, 0.15) is 36.5 Å². The van der Waals surface area contributed by atoms with E-state index in [0.29, 0.717) is 24.8 Å². The third-order valence-electron chi connectivity index (χ3n) is 3.27. The normalized spacial score (nSPS) is 11.9. The lowest BCUT2D eigenvalue weighted by atomic mass is 9.99. The number of carbonyl (C=O) groups is 1. The molecule has 1 amide bonds. The molecule has 1 aromatic carbocycles. The SMILES string of the molecule is CCCC(CCN)CNC(=O)c1ccc(OC)cc1O. The van der Waals surface area contributed by atoms with Crippen LogP contribution < -0.4 is 15.8 Å². The topological polar surface area (TPSA) is 84.6 Å². The van der Waals surface area contributed by atoms with Crippen molar-refractivity contribution in [3.8, 4) is 11.5 Å². The highest BCUT2D eigenvalue weighted by Crippen LogP contribution is 2.23. The monoisotopic (exact) mass is 280 g/mol. The van der Waals surface area contributed by atoms with E-state index in [1.54, 1.807) is 12.1 Å². The minimum absolute atomic E-state index is 0.0762. The second-order valence-corrected chi connectivity index (χ2v) is 4.83. The number of benzene rings is 1. The lowest BCUT2D eigenvalue weighted by molar-refractivity contribution is 0.0943. The number of nitrogens with two attached hydrogens (primary N) is 1. The molecule has 112 valence electrons. The van der Waals surface area contributed by atoms with E-state index in [9.17, 15) is 9.90 Å². The van der Waals surface area contributed by atoms with Crippen molar-refractivity contribution < 1.29 is 14.6 Å². The zero-order valence-electron chi connectivity index (χ0n) is 12.2. The van der Waals surface area contributed by atoms with E-state index >= 15 is 0 Å². The lowest BCUT2D eigenvalue weighted by Crippen LogP contribution is -2.30. The zero-order valence-corrected chi connectivity index (χ0v) is 12.2. The molecule has 0 saturated carbocycles. The summed E-state index contributed by atoms with van der Waals surface area (Å²) in [6, 6.07) is 4.64. The summed E-state index contributed by atoms with van der Waals surface area (Å²) in [5.41, 5.74) is 5.82. The Morgan fingerprint density at radius 3 is 2.75 bits per heavy atom. The van der Waals surface area contributed by atoms with Gasteiger partial charge in [0, 0.05) is 12.6 Å². The van der Waals surface area contributed by atoms with Crippen LogP contribution >= 0.6 is 0 Å². The number of phenolic OH excluding ortho intramolecular Hbond substituents is 1. The first-order chi connectivity index (χ1) is 9.62. The molecule has 0 radical (unpaired) electrons. The van der Waals surface area contributed by atoms with Crippen molar-refractivity contribution in [3.05, 3.63) is 23.8 Å². The van der Waals surface area contributed by atoms with Crippen molar-refractivity contribution in [2.75, 3.05) is 20.2 Å². The number of hydrogen-bond acceptors (Lipinski definition) is 4. The number of phenols is 1. The zero-order chi connectivity index (χ0) is 15.0. The smallest absolute Gasteiger partial charge is 0.255 e. The number of amides is 1. The second kappa shape index (κ2) is 8.43. The van der Waals surface area contributed by atoms with Gasteiger partial charge in [0.25, 0.3) is 5.91 Å². The van der Waals surface area contributed by atoms with Gasteiger partial charge >= 0.3 is 0 Å². The summed E-state index contributed by atoms with van der Waals surface area (Å²) in [5.74, 6) is 0.552. The van der Waals surface area contributed by atoms with Crippen LogP contribution in [0.3, 0.4) is 0 Å². The van der Waals surface area contributed by atoms with Gasteiger partial charge in [0.1, 0.15) is 11.5 Å². The van der Waals surface area contributed by atoms with Crippen LogP contribution in [0, 0.1) is 5.92 Å². The molecule has 5 nitrogen and oxygen atoms in total. The van der Waals surface area contributed by atoms with Crippen LogP contribution in [0.25, 0.3) is 0 Å². The van der Waals surface area contributed by atoms with Gasteiger partial charge in [0.15, 0.2) is 0 Å². The van der Waals surface area contributed by atoms with Gasteiger partial charge in [0.2, 0.25) is 0 Å². The van der Waals surface area contributed by atoms with Crippen LogP contribution in [0.15, 0.2) is 18.2 Å². The van der Waals surface area contributed by atoms with Crippen molar-refractivity contribution in [2.45, 2.75) is 26.2 Å². The number of nitrogens with one attached hydrogen (secondary N) is 1. The van der Waals surface area contributed by atoms with Gasteiger partial charge < -0.3 is 20.9 Å². The van der Waals surface area contributed by atoms with Crippen LogP contribution in [0.2, 0.25) is 0 Å². The first-order valence-electron chi connectivity index (χ1n) is 6.97. The predicted molar refractivity (Wildman–Crippen MR) is 79.1 cm³/mol. The van der Waals surface area contributed by atoms with Gasteiger partial charge in [-0.25, -0.2) is 0 Å². The average Bonchev–Trinajstić information content (AvgIpc) is 2.44. The Labute approximate surface area is 120 Å². The van der Waals surface area contributed by atoms with Gasteiger partial charge in [-0.2, -0.15) is 0 Å². The van der Waals surface area contributed by atoms with Gasteiger partial charge in [-0.1, -0.05) is 13.3 Å². The third kappa shape index (κ3) is 4.74. The first-order valence-corrected chi connectivity index (χ1v) is 6.97. The molecule has 5 heteroatoms. The maximum absolute atomic E-state index is 12.0. The van der Waals surface area contributed by atoms with E-state index in [1.165, 1.54) is 13.2 Å². The fourth-order valence-corrected chi connectivity index (χ4v) is 2.16. The Morgan fingerprint density at radius 1 is 1.45 bits per heavy atom. The fraction of sp³-hybridized carbons (Fsp3) is 0.533. The number of aromatic hydroxyl groups is 1. The van der Waals surface area contributed by atoms with E-state index in [2.05, 4.69) is 12.2 Å². The average molecular weight is 280 g/mol. The van der Waals surface area contributed by atoms with Crippen LogP contribution in [-0.2, 0) is 0 Å². The molecule has 0 heterocycles. The van der Waals surface area contributed by atoms with E-state index in [1.807, 2.05) is 0 Å². The van der Waals surface area contributed by atoms with Crippen LogP contribution in [0.4, 0.5) is 0 Å². The highest BCUT2D eigenvalue weighted by atomic mass is 16.5. The summed E-state index contributed by atoms with van der Waals surface area (Å²) in [5, 5.41) is 12.7. The molecule has 4 N–H and O–H groups in total. The van der Waals surface area contributed by atoms with E-state index < -0.39 is 0 Å². The Hall–Kier alpha value is -1.75. The molecule has 0 fully saturated rings. The number of ether oxygens (including phenoxy) is 1. The maximum Gasteiger partial charge on any atom is 0.255 e. The summed E-state index contributed by atoms with van der Waals surface area (Å²) >= 11 is 0. The quantitative estimate of drug-likeness (QED) is 0.679. The highest BCUT2D eigenvalue weighted by Gasteiger charge is 2.14. The summed E-state index contributed by atoms with van der Waals surface area (Å²) in [4.78, 5) is 12.0. The molecular formula is C15H24N2O3. The van der Waals surface area contributed by atoms with Crippen molar-refractivity contribution in [1.29, 1.82) is 0 Å². The molecular weight excluding hydrogens is 256 g/mol. The first kappa shape index (κ1) is 16.3. The number of carbonyl (C=O) groups excluding carboxylic acids is 1. The van der Waals surface area contributed by atoms with Crippen molar-refractivity contribution in [1.82, 2.24) is 5.32 Å². The molecule has 0 aliphatic carbocycles.